The monoisotopic (exact) mass is 372 g/mol. The molecule has 1 fully saturated rings. The summed E-state index contributed by atoms with van der Waals surface area (Å²) in [6.45, 7) is 1.92. The van der Waals surface area contributed by atoms with Gasteiger partial charge in [0.05, 0.1) is 11.7 Å². The summed E-state index contributed by atoms with van der Waals surface area (Å²) >= 11 is 0. The average molecular weight is 372 g/mol. The van der Waals surface area contributed by atoms with Gasteiger partial charge in [-0.15, -0.1) is 0 Å². The number of carbonyl (C=O) groups excluding carboxylic acids is 1. The van der Waals surface area contributed by atoms with Gasteiger partial charge in [0.1, 0.15) is 5.56 Å². The molecule has 1 aromatic heterocycles. The number of aromatic amines is 1. The van der Waals surface area contributed by atoms with Gasteiger partial charge in [-0.05, 0) is 56.7 Å². The van der Waals surface area contributed by atoms with E-state index in [1.165, 1.54) is 4.90 Å². The molecule has 1 aliphatic heterocycles. The summed E-state index contributed by atoms with van der Waals surface area (Å²) in [4.78, 5) is 25.6. The molecular weight excluding hydrogens is 349 g/mol. The molecular formula is C17H23F3N4O2. The number of hydrogen-bond donors (Lipinski definition) is 2. The fourth-order valence-electron chi connectivity index (χ4n) is 3.97. The SMILES string of the molecule is CN(C(=O)CCC1CCNCC1)C1CCc2c1n[nH]c(=O)c2C(F)(F)F. The predicted molar refractivity (Wildman–Crippen MR) is 88.5 cm³/mol. The van der Waals surface area contributed by atoms with Gasteiger partial charge in [0.15, 0.2) is 0 Å². The van der Waals surface area contributed by atoms with Gasteiger partial charge in [-0.3, -0.25) is 9.59 Å². The number of nitrogens with one attached hydrogen (secondary N) is 2. The molecule has 1 unspecified atom stereocenters. The number of aromatic nitrogens is 2. The predicted octanol–water partition coefficient (Wildman–Crippen LogP) is 2.01. The minimum atomic E-state index is -4.73. The van der Waals surface area contributed by atoms with Crippen molar-refractivity contribution in [2.45, 2.75) is 50.7 Å². The van der Waals surface area contributed by atoms with Crippen LogP contribution in [0.5, 0.6) is 0 Å². The lowest BCUT2D eigenvalue weighted by molar-refractivity contribution is -0.139. The Bertz CT molecular complexity index is 726. The van der Waals surface area contributed by atoms with E-state index in [0.29, 0.717) is 18.8 Å². The van der Waals surface area contributed by atoms with Gasteiger partial charge in [-0.2, -0.15) is 18.3 Å². The van der Waals surface area contributed by atoms with Crippen molar-refractivity contribution in [3.63, 3.8) is 0 Å². The van der Waals surface area contributed by atoms with Gasteiger partial charge in [0, 0.05) is 13.5 Å². The molecule has 1 aromatic rings. The van der Waals surface area contributed by atoms with E-state index in [1.807, 2.05) is 5.10 Å². The number of nitrogens with zero attached hydrogens (tertiary/aromatic N) is 2. The minimum Gasteiger partial charge on any atom is -0.337 e. The highest BCUT2D eigenvalue weighted by Crippen LogP contribution is 2.39. The van der Waals surface area contributed by atoms with Crippen molar-refractivity contribution in [1.82, 2.24) is 20.4 Å². The number of piperidine rings is 1. The maximum absolute atomic E-state index is 13.2. The smallest absolute Gasteiger partial charge is 0.337 e. The summed E-state index contributed by atoms with van der Waals surface area (Å²) in [7, 11) is 1.60. The second-order valence-electron chi connectivity index (χ2n) is 7.08. The molecule has 144 valence electrons. The largest absolute Gasteiger partial charge is 0.422 e. The molecule has 1 amide bonds. The third-order valence-electron chi connectivity index (χ3n) is 5.47. The summed E-state index contributed by atoms with van der Waals surface area (Å²) in [5, 5.41) is 9.05. The molecule has 3 rings (SSSR count). The van der Waals surface area contributed by atoms with Gasteiger partial charge in [-0.1, -0.05) is 0 Å². The van der Waals surface area contributed by atoms with Crippen LogP contribution in [-0.2, 0) is 17.4 Å². The highest BCUT2D eigenvalue weighted by Gasteiger charge is 2.42. The molecule has 6 nitrogen and oxygen atoms in total. The van der Waals surface area contributed by atoms with Crippen LogP contribution in [-0.4, -0.2) is 41.1 Å². The Kier molecular flexibility index (Phi) is 5.36. The van der Waals surface area contributed by atoms with Crippen molar-refractivity contribution >= 4 is 5.91 Å². The summed E-state index contributed by atoms with van der Waals surface area (Å²) in [6.07, 6.45) is -1.04. The van der Waals surface area contributed by atoms with Crippen molar-refractivity contribution < 1.29 is 18.0 Å². The number of halogens is 3. The quantitative estimate of drug-likeness (QED) is 0.848. The molecule has 9 heteroatoms. The van der Waals surface area contributed by atoms with Crippen LogP contribution in [0.2, 0.25) is 0 Å². The molecule has 0 aromatic carbocycles. The number of rotatable bonds is 4. The first kappa shape index (κ1) is 18.9. The van der Waals surface area contributed by atoms with E-state index in [2.05, 4.69) is 10.4 Å². The van der Waals surface area contributed by atoms with Gasteiger partial charge >= 0.3 is 6.18 Å². The summed E-state index contributed by atoms with van der Waals surface area (Å²) in [5.41, 5.74) is -2.32. The Morgan fingerprint density at radius 2 is 1.96 bits per heavy atom. The van der Waals surface area contributed by atoms with E-state index in [9.17, 15) is 22.8 Å². The standard InChI is InChI=1S/C17H23F3N4O2/c1-24(13(25)5-2-10-6-8-21-9-7-10)12-4-3-11-14(17(18,19)20)16(26)23-22-15(11)12/h10,12,21H,2-9H2,1H3,(H,23,26). The van der Waals surface area contributed by atoms with Crippen molar-refractivity contribution in [2.75, 3.05) is 20.1 Å². The van der Waals surface area contributed by atoms with Crippen LogP contribution < -0.4 is 10.9 Å². The van der Waals surface area contributed by atoms with Gasteiger partial charge in [0.25, 0.3) is 5.56 Å². The Hall–Kier alpha value is -1.90. The Labute approximate surface area is 149 Å². The first-order valence-corrected chi connectivity index (χ1v) is 8.94. The van der Waals surface area contributed by atoms with Crippen LogP contribution in [0.3, 0.4) is 0 Å². The number of H-pyrrole nitrogens is 1. The van der Waals surface area contributed by atoms with E-state index >= 15 is 0 Å². The van der Waals surface area contributed by atoms with E-state index in [1.54, 1.807) is 7.05 Å². The van der Waals surface area contributed by atoms with Crippen molar-refractivity contribution in [3.05, 3.63) is 27.2 Å². The lowest BCUT2D eigenvalue weighted by Crippen LogP contribution is -2.33. The van der Waals surface area contributed by atoms with Crippen LogP contribution in [0.15, 0.2) is 4.79 Å². The fraction of sp³-hybridized carbons (Fsp3) is 0.706. The minimum absolute atomic E-state index is 0.0794. The molecule has 2 N–H and O–H groups in total. The first-order chi connectivity index (χ1) is 12.3. The Balaban J connectivity index is 1.72. The highest BCUT2D eigenvalue weighted by atomic mass is 19.4. The molecule has 0 spiro atoms. The van der Waals surface area contributed by atoms with E-state index < -0.39 is 23.3 Å². The van der Waals surface area contributed by atoms with Crippen molar-refractivity contribution in [3.8, 4) is 0 Å². The zero-order valence-corrected chi connectivity index (χ0v) is 14.7. The topological polar surface area (TPSA) is 78.1 Å². The summed E-state index contributed by atoms with van der Waals surface area (Å²) in [6, 6.07) is -0.525. The molecule has 2 heterocycles. The number of hydrogen-bond acceptors (Lipinski definition) is 4. The van der Waals surface area contributed by atoms with Gasteiger partial charge in [-0.25, -0.2) is 5.10 Å². The van der Waals surface area contributed by atoms with Crippen LogP contribution >= 0.6 is 0 Å². The summed E-state index contributed by atoms with van der Waals surface area (Å²) < 4.78 is 39.6. The zero-order valence-electron chi connectivity index (χ0n) is 14.7. The van der Waals surface area contributed by atoms with Crippen molar-refractivity contribution in [2.24, 2.45) is 5.92 Å². The molecule has 1 saturated heterocycles. The van der Waals surface area contributed by atoms with Crippen LogP contribution in [0, 0.1) is 5.92 Å². The first-order valence-electron chi connectivity index (χ1n) is 8.94. The fourth-order valence-corrected chi connectivity index (χ4v) is 3.97. The van der Waals surface area contributed by atoms with E-state index in [4.69, 9.17) is 0 Å². The maximum atomic E-state index is 13.2. The molecule has 26 heavy (non-hydrogen) atoms. The number of alkyl halides is 3. The third-order valence-corrected chi connectivity index (χ3v) is 5.47. The summed E-state index contributed by atoms with van der Waals surface area (Å²) in [5.74, 6) is 0.415. The van der Waals surface area contributed by atoms with E-state index in [-0.39, 0.29) is 23.6 Å². The molecule has 0 radical (unpaired) electrons. The molecule has 1 atom stereocenters. The molecule has 1 aliphatic carbocycles. The lowest BCUT2D eigenvalue weighted by Gasteiger charge is -2.27. The van der Waals surface area contributed by atoms with Crippen LogP contribution in [0.1, 0.15) is 55.0 Å². The normalized spacial score (nSPS) is 20.8. The van der Waals surface area contributed by atoms with Crippen molar-refractivity contribution in [1.29, 1.82) is 0 Å². The van der Waals surface area contributed by atoms with Crippen LogP contribution in [0.4, 0.5) is 13.2 Å². The Morgan fingerprint density at radius 1 is 1.27 bits per heavy atom. The number of amides is 1. The average Bonchev–Trinajstić information content (AvgIpc) is 3.02. The molecule has 0 bridgehead atoms. The lowest BCUT2D eigenvalue weighted by atomic mass is 9.93. The van der Waals surface area contributed by atoms with Crippen LogP contribution in [0.25, 0.3) is 0 Å². The third kappa shape index (κ3) is 3.77. The second kappa shape index (κ2) is 7.38. The highest BCUT2D eigenvalue weighted by molar-refractivity contribution is 5.76. The maximum Gasteiger partial charge on any atom is 0.422 e. The Morgan fingerprint density at radius 3 is 2.62 bits per heavy atom. The number of fused-ring (bicyclic) bond motifs is 1. The van der Waals surface area contributed by atoms with Gasteiger partial charge < -0.3 is 10.2 Å². The molecule has 2 aliphatic rings. The van der Waals surface area contributed by atoms with Gasteiger partial charge in [0.2, 0.25) is 5.91 Å². The second-order valence-corrected chi connectivity index (χ2v) is 7.08. The van der Waals surface area contributed by atoms with E-state index in [0.717, 1.165) is 32.4 Å². The zero-order chi connectivity index (χ0) is 18.9. The number of carbonyl (C=O) groups is 1. The molecule has 0 saturated carbocycles.